The molecule has 0 spiro atoms. The maximum Gasteiger partial charge on any atom is 0.387 e. The SMILES string of the molecule is CCC(N)(CC)CNC(=O)c1cc(Cl)ccc1OC(F)F.Cl. The predicted octanol–water partition coefficient (Wildman–Crippen LogP) is 3.61. The van der Waals surface area contributed by atoms with Crippen LogP contribution in [0.2, 0.25) is 5.02 Å². The van der Waals surface area contributed by atoms with E-state index in [1.807, 2.05) is 13.8 Å². The first-order valence-electron chi connectivity index (χ1n) is 6.62. The summed E-state index contributed by atoms with van der Waals surface area (Å²) in [7, 11) is 0. The van der Waals surface area contributed by atoms with Crippen LogP contribution in [0.4, 0.5) is 8.78 Å². The number of halogens is 4. The van der Waals surface area contributed by atoms with E-state index in [-0.39, 0.29) is 35.3 Å². The van der Waals surface area contributed by atoms with Crippen molar-refractivity contribution in [1.82, 2.24) is 5.32 Å². The molecule has 126 valence electrons. The van der Waals surface area contributed by atoms with E-state index < -0.39 is 18.1 Å². The summed E-state index contributed by atoms with van der Waals surface area (Å²) in [6, 6.07) is 3.89. The number of carbonyl (C=O) groups excluding carboxylic acids is 1. The van der Waals surface area contributed by atoms with Crippen molar-refractivity contribution in [2.75, 3.05) is 6.54 Å². The summed E-state index contributed by atoms with van der Waals surface area (Å²) >= 11 is 5.79. The van der Waals surface area contributed by atoms with E-state index in [4.69, 9.17) is 17.3 Å². The van der Waals surface area contributed by atoms with E-state index in [0.29, 0.717) is 12.8 Å². The first-order chi connectivity index (χ1) is 9.81. The monoisotopic (exact) mass is 356 g/mol. The number of alkyl halides is 2. The molecule has 0 aliphatic rings. The number of benzene rings is 1. The van der Waals surface area contributed by atoms with Gasteiger partial charge in [0.05, 0.1) is 5.56 Å². The summed E-state index contributed by atoms with van der Waals surface area (Å²) in [4.78, 5) is 12.1. The smallest absolute Gasteiger partial charge is 0.387 e. The molecule has 0 unspecified atom stereocenters. The molecule has 0 heterocycles. The van der Waals surface area contributed by atoms with E-state index in [0.717, 1.165) is 0 Å². The lowest BCUT2D eigenvalue weighted by Crippen LogP contribution is -2.49. The molecular weight excluding hydrogens is 337 g/mol. The number of rotatable bonds is 7. The second kappa shape index (κ2) is 9.12. The highest BCUT2D eigenvalue weighted by Crippen LogP contribution is 2.24. The predicted molar refractivity (Wildman–Crippen MR) is 85.2 cm³/mol. The van der Waals surface area contributed by atoms with Gasteiger partial charge in [-0.3, -0.25) is 4.79 Å². The van der Waals surface area contributed by atoms with Crippen LogP contribution in [0.15, 0.2) is 18.2 Å². The molecule has 0 fully saturated rings. The maximum atomic E-state index is 12.3. The molecule has 0 aliphatic heterocycles. The maximum absolute atomic E-state index is 12.3. The molecule has 4 nitrogen and oxygen atoms in total. The van der Waals surface area contributed by atoms with Crippen LogP contribution in [0.3, 0.4) is 0 Å². The van der Waals surface area contributed by atoms with Gasteiger partial charge in [0.1, 0.15) is 5.75 Å². The summed E-state index contributed by atoms with van der Waals surface area (Å²) in [5, 5.41) is 2.89. The molecule has 1 rings (SSSR count). The molecule has 3 N–H and O–H groups in total. The van der Waals surface area contributed by atoms with Gasteiger partial charge in [0.25, 0.3) is 5.91 Å². The van der Waals surface area contributed by atoms with Gasteiger partial charge in [-0.05, 0) is 31.0 Å². The van der Waals surface area contributed by atoms with Crippen LogP contribution >= 0.6 is 24.0 Å². The quantitative estimate of drug-likeness (QED) is 0.784. The molecule has 0 atom stereocenters. The van der Waals surface area contributed by atoms with Crippen molar-refractivity contribution in [3.8, 4) is 5.75 Å². The topological polar surface area (TPSA) is 64.3 Å². The van der Waals surface area contributed by atoms with Crippen LogP contribution in [0.1, 0.15) is 37.0 Å². The van der Waals surface area contributed by atoms with Gasteiger partial charge in [-0.25, -0.2) is 0 Å². The third-order valence-electron chi connectivity index (χ3n) is 3.41. The second-order valence-corrected chi connectivity index (χ2v) is 5.21. The van der Waals surface area contributed by atoms with Crippen LogP contribution in [-0.4, -0.2) is 24.6 Å². The Morgan fingerprint density at radius 3 is 2.50 bits per heavy atom. The lowest BCUT2D eigenvalue weighted by Gasteiger charge is -2.27. The van der Waals surface area contributed by atoms with E-state index in [9.17, 15) is 13.6 Å². The van der Waals surface area contributed by atoms with Crippen LogP contribution in [0.5, 0.6) is 5.75 Å². The van der Waals surface area contributed by atoms with E-state index >= 15 is 0 Å². The number of nitrogens with one attached hydrogen (secondary N) is 1. The number of carbonyl (C=O) groups is 1. The second-order valence-electron chi connectivity index (χ2n) is 4.77. The number of hydrogen-bond acceptors (Lipinski definition) is 3. The molecule has 1 aromatic carbocycles. The average molecular weight is 357 g/mol. The highest BCUT2D eigenvalue weighted by molar-refractivity contribution is 6.31. The molecule has 22 heavy (non-hydrogen) atoms. The number of hydrogen-bond donors (Lipinski definition) is 2. The highest BCUT2D eigenvalue weighted by atomic mass is 35.5. The Bertz CT molecular complexity index is 498. The zero-order chi connectivity index (χ0) is 16.0. The third-order valence-corrected chi connectivity index (χ3v) is 3.65. The van der Waals surface area contributed by atoms with Crippen molar-refractivity contribution in [1.29, 1.82) is 0 Å². The standard InChI is InChI=1S/C14H19ClF2N2O2.ClH/c1-3-14(18,4-2)8-19-12(20)10-7-9(15)5-6-11(10)21-13(16)17;/h5-7,13H,3-4,8,18H2,1-2H3,(H,19,20);1H. The Hall–Kier alpha value is -1.11. The van der Waals surface area contributed by atoms with Gasteiger partial charge in [0, 0.05) is 17.1 Å². The summed E-state index contributed by atoms with van der Waals surface area (Å²) < 4.78 is 29.0. The molecule has 0 aliphatic carbocycles. The molecule has 0 saturated carbocycles. The van der Waals surface area contributed by atoms with Crippen LogP contribution in [0.25, 0.3) is 0 Å². The van der Waals surface area contributed by atoms with Gasteiger partial charge >= 0.3 is 6.61 Å². The Morgan fingerprint density at radius 1 is 1.41 bits per heavy atom. The van der Waals surface area contributed by atoms with E-state index in [1.165, 1.54) is 18.2 Å². The summed E-state index contributed by atoms with van der Waals surface area (Å²) in [6.07, 6.45) is 1.36. The van der Waals surface area contributed by atoms with E-state index in [2.05, 4.69) is 10.1 Å². The van der Waals surface area contributed by atoms with E-state index in [1.54, 1.807) is 0 Å². The number of nitrogens with two attached hydrogens (primary N) is 1. The fourth-order valence-electron chi connectivity index (χ4n) is 1.73. The molecule has 1 amide bonds. The van der Waals surface area contributed by atoms with Gasteiger partial charge < -0.3 is 15.8 Å². The van der Waals surface area contributed by atoms with Crippen molar-refractivity contribution in [3.05, 3.63) is 28.8 Å². The highest BCUT2D eigenvalue weighted by Gasteiger charge is 2.23. The van der Waals surface area contributed by atoms with Gasteiger partial charge in [-0.15, -0.1) is 12.4 Å². The largest absolute Gasteiger partial charge is 0.434 e. The molecule has 1 aromatic rings. The van der Waals surface area contributed by atoms with Crippen molar-refractivity contribution in [2.24, 2.45) is 5.73 Å². The summed E-state index contributed by atoms with van der Waals surface area (Å²) in [6.45, 7) is 1.05. The molecular formula is C14H20Cl2F2N2O2. The molecule has 0 aromatic heterocycles. The summed E-state index contributed by atoms with van der Waals surface area (Å²) in [5.41, 5.74) is 5.51. The molecule has 8 heteroatoms. The van der Waals surface area contributed by atoms with Crippen LogP contribution in [0, 0.1) is 0 Å². The van der Waals surface area contributed by atoms with Crippen molar-refractivity contribution < 1.29 is 18.3 Å². The fraction of sp³-hybridized carbons (Fsp3) is 0.500. The first-order valence-corrected chi connectivity index (χ1v) is 7.00. The zero-order valence-corrected chi connectivity index (χ0v) is 13.9. The van der Waals surface area contributed by atoms with Gasteiger partial charge in [0.2, 0.25) is 0 Å². The minimum atomic E-state index is -3.02. The van der Waals surface area contributed by atoms with Gasteiger partial charge in [-0.2, -0.15) is 8.78 Å². The van der Waals surface area contributed by atoms with Gasteiger partial charge in [0.15, 0.2) is 0 Å². The lowest BCUT2D eigenvalue weighted by atomic mass is 9.94. The Kier molecular flexibility index (Phi) is 8.66. The number of ether oxygens (including phenoxy) is 1. The molecule has 0 saturated heterocycles. The number of amides is 1. The first kappa shape index (κ1) is 20.9. The minimum Gasteiger partial charge on any atom is -0.434 e. The lowest BCUT2D eigenvalue weighted by molar-refractivity contribution is -0.0501. The van der Waals surface area contributed by atoms with Crippen molar-refractivity contribution in [2.45, 2.75) is 38.8 Å². The van der Waals surface area contributed by atoms with Gasteiger partial charge in [-0.1, -0.05) is 25.4 Å². The minimum absolute atomic E-state index is 0. The van der Waals surface area contributed by atoms with Crippen molar-refractivity contribution >= 4 is 29.9 Å². The average Bonchev–Trinajstić information content (AvgIpc) is 2.45. The van der Waals surface area contributed by atoms with Crippen LogP contribution < -0.4 is 15.8 Å². The Labute approximate surface area is 139 Å². The van der Waals surface area contributed by atoms with Crippen molar-refractivity contribution in [3.63, 3.8) is 0 Å². The fourth-order valence-corrected chi connectivity index (χ4v) is 1.90. The Balaban J connectivity index is 0.00000441. The summed E-state index contributed by atoms with van der Waals surface area (Å²) in [5.74, 6) is -0.771. The molecule has 0 radical (unpaired) electrons. The Morgan fingerprint density at radius 2 is 2.00 bits per heavy atom. The zero-order valence-electron chi connectivity index (χ0n) is 12.4. The normalized spacial score (nSPS) is 11.0. The third kappa shape index (κ3) is 5.94. The molecule has 0 bridgehead atoms. The van der Waals surface area contributed by atoms with Crippen LogP contribution in [-0.2, 0) is 0 Å².